The third-order valence-electron chi connectivity index (χ3n) is 6.80. The Morgan fingerprint density at radius 1 is 1.13 bits per heavy atom. The lowest BCUT2D eigenvalue weighted by Gasteiger charge is -2.44. The topological polar surface area (TPSA) is 96.1 Å². The number of aliphatic hydroxyl groups is 1. The van der Waals surface area contributed by atoms with Crippen molar-refractivity contribution in [3.8, 4) is 16.9 Å². The van der Waals surface area contributed by atoms with E-state index in [4.69, 9.17) is 4.74 Å². The number of aryl methyl sites for hydroxylation is 1. The molecule has 0 spiro atoms. The van der Waals surface area contributed by atoms with Crippen LogP contribution in [0.2, 0.25) is 0 Å². The number of β-amino-alcohol motifs (C(OH)–C–C–N with tert-alkyl or cyclic N) is 1. The molecule has 1 N–H and O–H groups in total. The zero-order chi connectivity index (χ0) is 26.9. The molecule has 12 heteroatoms. The van der Waals surface area contributed by atoms with Crippen molar-refractivity contribution in [3.63, 3.8) is 0 Å². The van der Waals surface area contributed by atoms with E-state index in [0.717, 1.165) is 6.07 Å². The Kier molecular flexibility index (Phi) is 5.35. The summed E-state index contributed by atoms with van der Waals surface area (Å²) in [5.41, 5.74) is 1.16. The Bertz CT molecular complexity index is 1600. The highest BCUT2D eigenvalue weighted by atomic mass is 19.1. The third kappa shape index (κ3) is 3.92. The minimum atomic E-state index is -0.985. The van der Waals surface area contributed by atoms with Gasteiger partial charge >= 0.3 is 0 Å². The summed E-state index contributed by atoms with van der Waals surface area (Å²) in [7, 11) is 0. The van der Waals surface area contributed by atoms with Gasteiger partial charge in [0, 0.05) is 47.9 Å². The lowest BCUT2D eigenvalue weighted by atomic mass is 9.98. The van der Waals surface area contributed by atoms with Gasteiger partial charge in [0.15, 0.2) is 17.7 Å². The molecule has 1 amide bonds. The maximum Gasteiger partial charge on any atom is 0.268 e. The van der Waals surface area contributed by atoms with Crippen molar-refractivity contribution >= 4 is 23.2 Å². The summed E-state index contributed by atoms with van der Waals surface area (Å²) in [6.45, 7) is 5.65. The first kappa shape index (κ1) is 24.2. The number of aromatic nitrogens is 4. The van der Waals surface area contributed by atoms with Crippen LogP contribution < -0.4 is 14.5 Å². The Hall–Kier alpha value is -4.19. The highest BCUT2D eigenvalue weighted by Gasteiger charge is 2.38. The highest BCUT2D eigenvalue weighted by Crippen LogP contribution is 2.38. The van der Waals surface area contributed by atoms with Crippen LogP contribution in [0.1, 0.15) is 25.2 Å². The van der Waals surface area contributed by atoms with Gasteiger partial charge < -0.3 is 19.1 Å². The number of pyridine rings is 1. The molecule has 38 heavy (non-hydrogen) atoms. The van der Waals surface area contributed by atoms with Crippen LogP contribution in [0, 0.1) is 24.4 Å². The number of hydrogen-bond donors (Lipinski definition) is 1. The molecule has 1 saturated heterocycles. The van der Waals surface area contributed by atoms with Crippen LogP contribution >= 0.6 is 0 Å². The molecule has 0 radical (unpaired) electrons. The molecule has 1 aromatic carbocycles. The van der Waals surface area contributed by atoms with Crippen LogP contribution in [0.15, 0.2) is 36.8 Å². The first-order valence-electron chi connectivity index (χ1n) is 11.9. The van der Waals surface area contributed by atoms with Gasteiger partial charge in [-0.05, 0) is 20.8 Å². The number of hydrogen-bond acceptors (Lipinski definition) is 7. The summed E-state index contributed by atoms with van der Waals surface area (Å²) in [6.07, 6.45) is 3.55. The van der Waals surface area contributed by atoms with Crippen LogP contribution in [0.4, 0.5) is 24.8 Å². The molecule has 0 saturated carbocycles. The molecule has 6 rings (SSSR count). The molecule has 2 aliphatic rings. The number of carbonyl (C=O) groups is 1. The summed E-state index contributed by atoms with van der Waals surface area (Å²) in [6, 6.07) is 3.01. The van der Waals surface area contributed by atoms with Crippen molar-refractivity contribution in [1.29, 1.82) is 0 Å². The van der Waals surface area contributed by atoms with E-state index in [1.807, 2.05) is 4.90 Å². The molecule has 4 aromatic rings. The van der Waals surface area contributed by atoms with Crippen LogP contribution in [-0.2, 0) is 11.3 Å². The van der Waals surface area contributed by atoms with Gasteiger partial charge in [-0.3, -0.25) is 9.69 Å². The molecule has 0 bridgehead atoms. The van der Waals surface area contributed by atoms with E-state index in [9.17, 15) is 18.7 Å². The largest absolute Gasteiger partial charge is 0.476 e. The summed E-state index contributed by atoms with van der Waals surface area (Å²) in [5, 5.41) is 9.95. The molecule has 196 valence electrons. The molecule has 3 aromatic heterocycles. The van der Waals surface area contributed by atoms with Crippen LogP contribution in [-0.4, -0.2) is 55.2 Å². The number of fused-ring (bicyclic) bond motifs is 2. The van der Waals surface area contributed by atoms with E-state index in [1.54, 1.807) is 18.2 Å². The molecular formula is C26H23F3N6O3. The molecule has 0 aliphatic carbocycles. The first-order chi connectivity index (χ1) is 18.0. The van der Waals surface area contributed by atoms with Crippen LogP contribution in [0.5, 0.6) is 5.75 Å². The predicted octanol–water partition coefficient (Wildman–Crippen LogP) is 3.40. The van der Waals surface area contributed by atoms with Crippen molar-refractivity contribution in [2.75, 3.05) is 22.9 Å². The van der Waals surface area contributed by atoms with Gasteiger partial charge in [0.1, 0.15) is 17.3 Å². The zero-order valence-corrected chi connectivity index (χ0v) is 20.7. The van der Waals surface area contributed by atoms with Gasteiger partial charge in [-0.25, -0.2) is 28.1 Å². The Morgan fingerprint density at radius 3 is 2.53 bits per heavy atom. The van der Waals surface area contributed by atoms with Gasteiger partial charge in [0.05, 0.1) is 42.3 Å². The van der Waals surface area contributed by atoms with Gasteiger partial charge in [-0.15, -0.1) is 0 Å². The Morgan fingerprint density at radius 2 is 1.84 bits per heavy atom. The minimum absolute atomic E-state index is 0.0313. The van der Waals surface area contributed by atoms with Crippen molar-refractivity contribution in [1.82, 2.24) is 19.4 Å². The average molecular weight is 525 g/mol. The third-order valence-corrected chi connectivity index (χ3v) is 6.80. The first-order valence-corrected chi connectivity index (χ1v) is 11.9. The maximum absolute atomic E-state index is 15.1. The van der Waals surface area contributed by atoms with Crippen molar-refractivity contribution in [2.24, 2.45) is 0 Å². The van der Waals surface area contributed by atoms with Gasteiger partial charge in [0.25, 0.3) is 5.91 Å². The fraction of sp³-hybridized carbons (Fsp3) is 0.308. The zero-order valence-electron chi connectivity index (χ0n) is 20.7. The smallest absolute Gasteiger partial charge is 0.268 e. The second-order valence-corrected chi connectivity index (χ2v) is 9.95. The SMILES string of the molecule is Cc1nc2cc(F)c(-c3cnc(N4CC(C)(O)C4)nc3)cn2c1CN1C(=O)[C@H](C)Oc2c(F)cc(F)cc21. The van der Waals surface area contributed by atoms with Crippen molar-refractivity contribution < 1.29 is 27.8 Å². The van der Waals surface area contributed by atoms with Crippen LogP contribution in [0.3, 0.4) is 0 Å². The maximum atomic E-state index is 15.1. The molecule has 0 unspecified atom stereocenters. The number of nitrogens with zero attached hydrogens (tertiary/aromatic N) is 6. The van der Waals surface area contributed by atoms with Crippen molar-refractivity contribution in [3.05, 3.63) is 65.6 Å². The lowest BCUT2D eigenvalue weighted by molar-refractivity contribution is -0.125. The number of anilines is 2. The number of ether oxygens (including phenoxy) is 1. The molecule has 1 atom stereocenters. The number of amides is 1. The Balaban J connectivity index is 1.38. The summed E-state index contributed by atoms with van der Waals surface area (Å²) >= 11 is 0. The summed E-state index contributed by atoms with van der Waals surface area (Å²) < 4.78 is 50.7. The fourth-order valence-electron chi connectivity index (χ4n) is 4.92. The van der Waals surface area contributed by atoms with E-state index in [1.165, 1.54) is 36.5 Å². The second-order valence-electron chi connectivity index (χ2n) is 9.95. The van der Waals surface area contributed by atoms with E-state index in [0.29, 0.717) is 47.7 Å². The lowest BCUT2D eigenvalue weighted by Crippen LogP contribution is -2.60. The molecular weight excluding hydrogens is 501 g/mol. The van der Waals surface area contributed by atoms with Crippen LogP contribution in [0.25, 0.3) is 16.8 Å². The standard InChI is InChI=1S/C26H23F3N6O3/c1-13-21(10-35-20-5-16(27)4-19(29)23(20)38-14(2)24(35)36)34-9-17(18(28)6-22(34)32-13)15-7-30-25(31-8-15)33-11-26(3,37)12-33/h4-9,14,37H,10-12H2,1-3H3/t14-/m0/s1. The fourth-order valence-corrected chi connectivity index (χ4v) is 4.92. The molecule has 9 nitrogen and oxygen atoms in total. The number of imidazole rings is 1. The molecule has 5 heterocycles. The predicted molar refractivity (Wildman–Crippen MR) is 131 cm³/mol. The van der Waals surface area contributed by atoms with Gasteiger partial charge in [-0.1, -0.05) is 0 Å². The quantitative estimate of drug-likeness (QED) is 0.437. The van der Waals surface area contributed by atoms with Gasteiger partial charge in [-0.2, -0.15) is 0 Å². The average Bonchev–Trinajstić information content (AvgIpc) is 3.14. The van der Waals surface area contributed by atoms with E-state index in [-0.39, 0.29) is 23.5 Å². The Labute approximate surface area is 215 Å². The highest BCUT2D eigenvalue weighted by molar-refractivity contribution is 5.99. The molecule has 2 aliphatic heterocycles. The normalized spacial score (nSPS) is 18.4. The van der Waals surface area contributed by atoms with E-state index >= 15 is 4.39 Å². The van der Waals surface area contributed by atoms with Gasteiger partial charge in [0.2, 0.25) is 5.95 Å². The number of halogens is 3. The minimum Gasteiger partial charge on any atom is -0.476 e. The second kappa shape index (κ2) is 8.42. The van der Waals surface area contributed by atoms with E-state index in [2.05, 4.69) is 15.0 Å². The number of rotatable bonds is 4. The monoisotopic (exact) mass is 524 g/mol. The van der Waals surface area contributed by atoms with Crippen molar-refractivity contribution in [2.45, 2.75) is 39.0 Å². The number of benzene rings is 1. The summed E-state index contributed by atoms with van der Waals surface area (Å²) in [5.74, 6) is -2.55. The summed E-state index contributed by atoms with van der Waals surface area (Å²) in [4.78, 5) is 29.1. The van der Waals surface area contributed by atoms with E-state index < -0.39 is 35.1 Å². The molecule has 1 fully saturated rings. The number of carbonyl (C=O) groups excluding carboxylic acids is 1.